The second-order valence-electron chi connectivity index (χ2n) is 4.77. The van der Waals surface area contributed by atoms with Crippen LogP contribution in [0.5, 0.6) is 11.5 Å². The van der Waals surface area contributed by atoms with Crippen LogP contribution in [0, 0.1) is 0 Å². The molecule has 0 spiro atoms. The van der Waals surface area contributed by atoms with Gasteiger partial charge in [0.15, 0.2) is 0 Å². The van der Waals surface area contributed by atoms with Crippen molar-refractivity contribution < 1.29 is 14.3 Å². The quantitative estimate of drug-likeness (QED) is 0.887. The number of anilines is 1. The predicted molar refractivity (Wildman–Crippen MR) is 86.6 cm³/mol. The summed E-state index contributed by atoms with van der Waals surface area (Å²) in [6.45, 7) is 1.92. The van der Waals surface area contributed by atoms with E-state index >= 15 is 0 Å². The lowest BCUT2D eigenvalue weighted by Crippen LogP contribution is -2.31. The van der Waals surface area contributed by atoms with E-state index in [0.717, 1.165) is 5.56 Å². The van der Waals surface area contributed by atoms with E-state index in [0.29, 0.717) is 17.2 Å². The average molecular weight is 300 g/mol. The van der Waals surface area contributed by atoms with Gasteiger partial charge in [-0.15, -0.1) is 0 Å². The number of carbonyl (C=O) groups is 1. The van der Waals surface area contributed by atoms with Crippen LogP contribution < -0.4 is 20.1 Å². The molecule has 5 heteroatoms. The van der Waals surface area contributed by atoms with Gasteiger partial charge in [0.25, 0.3) is 0 Å². The molecule has 0 heterocycles. The van der Waals surface area contributed by atoms with Crippen LogP contribution in [0.3, 0.4) is 0 Å². The summed E-state index contributed by atoms with van der Waals surface area (Å²) >= 11 is 0. The number of benzene rings is 2. The molecule has 22 heavy (non-hydrogen) atoms. The second-order valence-corrected chi connectivity index (χ2v) is 4.77. The zero-order valence-corrected chi connectivity index (χ0v) is 12.9. The summed E-state index contributed by atoms with van der Waals surface area (Å²) in [6.07, 6.45) is 0. The Morgan fingerprint density at radius 2 is 1.55 bits per heavy atom. The van der Waals surface area contributed by atoms with Crippen molar-refractivity contribution in [3.05, 3.63) is 54.1 Å². The van der Waals surface area contributed by atoms with Gasteiger partial charge in [0.1, 0.15) is 17.2 Å². The minimum Gasteiger partial charge on any atom is -0.494 e. The normalized spacial score (nSPS) is 11.4. The van der Waals surface area contributed by atoms with Gasteiger partial charge in [0.2, 0.25) is 0 Å². The molecule has 2 aromatic rings. The first kappa shape index (κ1) is 15.7. The molecular weight excluding hydrogens is 280 g/mol. The number of carbonyl (C=O) groups excluding carboxylic acids is 1. The van der Waals surface area contributed by atoms with Crippen molar-refractivity contribution in [2.24, 2.45) is 0 Å². The fraction of sp³-hybridized carbons (Fsp3) is 0.235. The van der Waals surface area contributed by atoms with Crippen LogP contribution >= 0.6 is 0 Å². The minimum atomic E-state index is -0.320. The van der Waals surface area contributed by atoms with Gasteiger partial charge in [-0.1, -0.05) is 36.4 Å². The summed E-state index contributed by atoms with van der Waals surface area (Å²) in [7, 11) is 3.09. The highest BCUT2D eigenvalue weighted by Gasteiger charge is 2.15. The number of rotatable bonds is 5. The first-order valence-corrected chi connectivity index (χ1v) is 6.99. The van der Waals surface area contributed by atoms with Crippen molar-refractivity contribution in [1.29, 1.82) is 0 Å². The molecule has 116 valence electrons. The van der Waals surface area contributed by atoms with Gasteiger partial charge in [0, 0.05) is 0 Å². The standard InChI is InChI=1S/C17H20N2O3/c1-12(13-8-5-4-6-9-13)18-17(20)19-16-14(21-2)10-7-11-15(16)22-3/h4-12H,1-3H3,(H2,18,19,20). The molecule has 0 fully saturated rings. The highest BCUT2D eigenvalue weighted by atomic mass is 16.5. The molecule has 0 saturated heterocycles. The predicted octanol–water partition coefficient (Wildman–Crippen LogP) is 3.59. The fourth-order valence-electron chi connectivity index (χ4n) is 2.15. The molecule has 2 aromatic carbocycles. The molecule has 0 bridgehead atoms. The summed E-state index contributed by atoms with van der Waals surface area (Å²) < 4.78 is 10.5. The van der Waals surface area contributed by atoms with Crippen LogP contribution in [0.1, 0.15) is 18.5 Å². The number of nitrogens with one attached hydrogen (secondary N) is 2. The van der Waals surface area contributed by atoms with Crippen LogP contribution in [0.15, 0.2) is 48.5 Å². The van der Waals surface area contributed by atoms with E-state index in [9.17, 15) is 4.79 Å². The van der Waals surface area contributed by atoms with Crippen LogP contribution in [-0.4, -0.2) is 20.3 Å². The van der Waals surface area contributed by atoms with E-state index < -0.39 is 0 Å². The van der Waals surface area contributed by atoms with Gasteiger partial charge in [-0.2, -0.15) is 0 Å². The smallest absolute Gasteiger partial charge is 0.319 e. The van der Waals surface area contributed by atoms with Crippen LogP contribution in [0.2, 0.25) is 0 Å². The van der Waals surface area contributed by atoms with Crippen molar-refractivity contribution in [3.8, 4) is 11.5 Å². The summed E-state index contributed by atoms with van der Waals surface area (Å²) in [5.41, 5.74) is 1.54. The van der Waals surface area contributed by atoms with Gasteiger partial charge in [-0.3, -0.25) is 0 Å². The maximum absolute atomic E-state index is 12.2. The molecule has 2 rings (SSSR count). The topological polar surface area (TPSA) is 59.6 Å². The Kier molecular flexibility index (Phi) is 5.25. The molecule has 0 aromatic heterocycles. The highest BCUT2D eigenvalue weighted by molar-refractivity contribution is 5.93. The van der Waals surface area contributed by atoms with Crippen molar-refractivity contribution in [2.45, 2.75) is 13.0 Å². The lowest BCUT2D eigenvalue weighted by molar-refractivity contribution is 0.249. The third kappa shape index (κ3) is 3.69. The van der Waals surface area contributed by atoms with E-state index in [2.05, 4.69) is 10.6 Å². The Balaban J connectivity index is 2.09. The highest BCUT2D eigenvalue weighted by Crippen LogP contribution is 2.34. The fourth-order valence-corrected chi connectivity index (χ4v) is 2.15. The number of urea groups is 1. The van der Waals surface area contributed by atoms with Crippen molar-refractivity contribution in [3.63, 3.8) is 0 Å². The van der Waals surface area contributed by atoms with E-state index in [1.165, 1.54) is 0 Å². The largest absolute Gasteiger partial charge is 0.494 e. The molecule has 1 atom stereocenters. The second kappa shape index (κ2) is 7.36. The van der Waals surface area contributed by atoms with Crippen LogP contribution in [0.4, 0.5) is 10.5 Å². The maximum Gasteiger partial charge on any atom is 0.319 e. The number of methoxy groups -OCH3 is 2. The zero-order chi connectivity index (χ0) is 15.9. The molecule has 2 amide bonds. The zero-order valence-electron chi connectivity index (χ0n) is 12.9. The summed E-state index contributed by atoms with van der Waals surface area (Å²) in [6, 6.07) is 14.6. The molecule has 0 aliphatic rings. The van der Waals surface area contributed by atoms with Gasteiger partial charge >= 0.3 is 6.03 Å². The molecule has 0 saturated carbocycles. The van der Waals surface area contributed by atoms with Crippen molar-refractivity contribution >= 4 is 11.7 Å². The molecule has 5 nitrogen and oxygen atoms in total. The van der Waals surface area contributed by atoms with Gasteiger partial charge in [0.05, 0.1) is 20.3 Å². The van der Waals surface area contributed by atoms with E-state index in [-0.39, 0.29) is 12.1 Å². The van der Waals surface area contributed by atoms with Gasteiger partial charge in [-0.05, 0) is 24.6 Å². The average Bonchev–Trinajstić information content (AvgIpc) is 2.55. The van der Waals surface area contributed by atoms with E-state index in [1.54, 1.807) is 32.4 Å². The van der Waals surface area contributed by atoms with E-state index in [1.807, 2.05) is 37.3 Å². The Morgan fingerprint density at radius 3 is 2.09 bits per heavy atom. The van der Waals surface area contributed by atoms with Gasteiger partial charge in [-0.25, -0.2) is 4.79 Å². The molecule has 1 unspecified atom stereocenters. The number of hydrogen-bond acceptors (Lipinski definition) is 3. The summed E-state index contributed by atoms with van der Waals surface area (Å²) in [5, 5.41) is 5.67. The SMILES string of the molecule is COc1cccc(OC)c1NC(=O)NC(C)c1ccccc1. The van der Waals surface area contributed by atoms with Gasteiger partial charge < -0.3 is 20.1 Å². The third-order valence-electron chi connectivity index (χ3n) is 3.31. The lowest BCUT2D eigenvalue weighted by atomic mass is 10.1. The maximum atomic E-state index is 12.2. The van der Waals surface area contributed by atoms with Crippen LogP contribution in [-0.2, 0) is 0 Å². The molecule has 2 N–H and O–H groups in total. The number of para-hydroxylation sites is 1. The molecular formula is C17H20N2O3. The number of ether oxygens (including phenoxy) is 2. The molecule has 0 radical (unpaired) electrons. The van der Waals surface area contributed by atoms with Crippen molar-refractivity contribution in [2.75, 3.05) is 19.5 Å². The molecule has 0 aliphatic carbocycles. The number of amides is 2. The Hall–Kier alpha value is -2.69. The minimum absolute atomic E-state index is 0.109. The Bertz CT molecular complexity index is 607. The van der Waals surface area contributed by atoms with Crippen LogP contribution in [0.25, 0.3) is 0 Å². The Morgan fingerprint density at radius 1 is 0.955 bits per heavy atom. The third-order valence-corrected chi connectivity index (χ3v) is 3.31. The Labute approximate surface area is 130 Å². The molecule has 0 aliphatic heterocycles. The number of hydrogen-bond donors (Lipinski definition) is 2. The van der Waals surface area contributed by atoms with E-state index in [4.69, 9.17) is 9.47 Å². The lowest BCUT2D eigenvalue weighted by Gasteiger charge is -2.17. The summed E-state index contributed by atoms with van der Waals surface area (Å²) in [5.74, 6) is 1.09. The summed E-state index contributed by atoms with van der Waals surface area (Å²) in [4.78, 5) is 12.2. The first-order valence-electron chi connectivity index (χ1n) is 6.99. The first-order chi connectivity index (χ1) is 10.7. The monoisotopic (exact) mass is 300 g/mol. The van der Waals surface area contributed by atoms with Crippen molar-refractivity contribution in [1.82, 2.24) is 5.32 Å².